The summed E-state index contributed by atoms with van der Waals surface area (Å²) in [6.07, 6.45) is 1.81. The Balaban J connectivity index is 1.98. The maximum Gasteiger partial charge on any atom is 0.313 e. The normalized spacial score (nSPS) is 16.4. The number of carbonyl (C=O) groups excluding carboxylic acids is 2. The van der Waals surface area contributed by atoms with E-state index in [0.717, 1.165) is 36.0 Å². The van der Waals surface area contributed by atoms with Crippen LogP contribution in [0.2, 0.25) is 0 Å². The lowest BCUT2D eigenvalue weighted by molar-refractivity contribution is -0.144. The van der Waals surface area contributed by atoms with E-state index in [1.54, 1.807) is 18.0 Å². The van der Waals surface area contributed by atoms with E-state index in [1.165, 1.54) is 0 Å². The van der Waals surface area contributed by atoms with Crippen LogP contribution in [-0.2, 0) is 9.59 Å². The summed E-state index contributed by atoms with van der Waals surface area (Å²) in [4.78, 5) is 28.3. The minimum atomic E-state index is -0.592. The zero-order valence-corrected chi connectivity index (χ0v) is 14.8. The molecule has 120 valence electrons. The van der Waals surface area contributed by atoms with Crippen LogP contribution >= 0.6 is 15.9 Å². The highest BCUT2D eigenvalue weighted by Crippen LogP contribution is 2.23. The van der Waals surface area contributed by atoms with Gasteiger partial charge < -0.3 is 15.1 Å². The second-order valence-electron chi connectivity index (χ2n) is 5.89. The van der Waals surface area contributed by atoms with Gasteiger partial charge in [0.15, 0.2) is 0 Å². The molecule has 0 aliphatic carbocycles. The molecule has 1 fully saturated rings. The first kappa shape index (κ1) is 17.0. The number of benzene rings is 1. The Morgan fingerprint density at radius 2 is 1.95 bits per heavy atom. The second-order valence-corrected chi connectivity index (χ2v) is 6.74. The summed E-state index contributed by atoms with van der Waals surface area (Å²) in [5.74, 6) is -1.08. The van der Waals surface area contributed by atoms with Gasteiger partial charge in [0.1, 0.15) is 0 Å². The van der Waals surface area contributed by atoms with Crippen LogP contribution in [0.5, 0.6) is 0 Å². The summed E-state index contributed by atoms with van der Waals surface area (Å²) in [6.45, 7) is 3.87. The molecule has 0 spiro atoms. The zero-order valence-electron chi connectivity index (χ0n) is 13.2. The van der Waals surface area contributed by atoms with E-state index in [9.17, 15) is 9.59 Å². The molecule has 0 aromatic heterocycles. The zero-order chi connectivity index (χ0) is 16.3. The minimum absolute atomic E-state index is 0.135. The molecule has 0 atom stereocenters. The monoisotopic (exact) mass is 367 g/mol. The largest absolute Gasteiger partial charge is 0.334 e. The van der Waals surface area contributed by atoms with E-state index < -0.39 is 11.8 Å². The van der Waals surface area contributed by atoms with Crippen molar-refractivity contribution in [2.24, 2.45) is 0 Å². The number of likely N-dealkylation sites (tertiary alicyclic amines) is 1. The van der Waals surface area contributed by atoms with Crippen molar-refractivity contribution < 1.29 is 9.59 Å². The Morgan fingerprint density at radius 3 is 2.55 bits per heavy atom. The van der Waals surface area contributed by atoms with Gasteiger partial charge in [-0.1, -0.05) is 6.07 Å². The smallest absolute Gasteiger partial charge is 0.313 e. The Bertz CT molecular complexity index is 569. The Hall–Kier alpha value is -1.40. The number of anilines is 1. The summed E-state index contributed by atoms with van der Waals surface area (Å²) in [5.41, 5.74) is 1.69. The Kier molecular flexibility index (Phi) is 5.58. The molecule has 1 aromatic carbocycles. The van der Waals surface area contributed by atoms with Crippen LogP contribution in [0.4, 0.5) is 5.69 Å². The number of piperidine rings is 1. The minimum Gasteiger partial charge on any atom is -0.334 e. The third-order valence-corrected chi connectivity index (χ3v) is 4.78. The molecule has 1 heterocycles. The summed E-state index contributed by atoms with van der Waals surface area (Å²) in [7, 11) is 3.78. The highest BCUT2D eigenvalue weighted by molar-refractivity contribution is 9.10. The van der Waals surface area contributed by atoms with E-state index in [-0.39, 0.29) is 6.04 Å². The first-order valence-corrected chi connectivity index (χ1v) is 8.20. The van der Waals surface area contributed by atoms with Gasteiger partial charge in [-0.05, 0) is 73.5 Å². The van der Waals surface area contributed by atoms with Crippen LogP contribution in [0, 0.1) is 6.92 Å². The van der Waals surface area contributed by atoms with Crippen molar-refractivity contribution in [3.8, 4) is 0 Å². The summed E-state index contributed by atoms with van der Waals surface area (Å²) in [5, 5.41) is 2.68. The molecule has 0 unspecified atom stereocenters. The predicted octanol–water partition coefficient (Wildman–Crippen LogP) is 2.25. The number of rotatable bonds is 2. The van der Waals surface area contributed by atoms with E-state index in [0.29, 0.717) is 5.69 Å². The molecule has 22 heavy (non-hydrogen) atoms. The standard InChI is InChI=1S/C16H22BrN3O2/c1-11-4-5-14(13(17)10-11)18-15(21)16(22)20(3)12-6-8-19(2)9-7-12/h4-5,10,12H,6-9H2,1-3H3,(H,18,21). The number of nitrogens with one attached hydrogen (secondary N) is 1. The molecule has 0 radical (unpaired) electrons. The number of aryl methyl sites for hydroxylation is 1. The van der Waals surface area contributed by atoms with Crippen molar-refractivity contribution in [2.45, 2.75) is 25.8 Å². The summed E-state index contributed by atoms with van der Waals surface area (Å²) >= 11 is 3.40. The van der Waals surface area contributed by atoms with Gasteiger partial charge in [-0.25, -0.2) is 0 Å². The average Bonchev–Trinajstić information content (AvgIpc) is 2.49. The maximum absolute atomic E-state index is 12.3. The fourth-order valence-corrected chi connectivity index (χ4v) is 3.20. The highest BCUT2D eigenvalue weighted by Gasteiger charge is 2.28. The highest BCUT2D eigenvalue weighted by atomic mass is 79.9. The molecular formula is C16H22BrN3O2. The predicted molar refractivity (Wildman–Crippen MR) is 90.8 cm³/mol. The number of hydrogen-bond acceptors (Lipinski definition) is 3. The molecule has 1 N–H and O–H groups in total. The fraction of sp³-hybridized carbons (Fsp3) is 0.500. The Labute approximate surface area is 139 Å². The SMILES string of the molecule is Cc1ccc(NC(=O)C(=O)N(C)C2CCN(C)CC2)c(Br)c1. The van der Waals surface area contributed by atoms with Gasteiger partial charge in [0.05, 0.1) is 5.69 Å². The Morgan fingerprint density at radius 1 is 1.32 bits per heavy atom. The topological polar surface area (TPSA) is 52.7 Å². The van der Waals surface area contributed by atoms with E-state index in [1.807, 2.05) is 19.1 Å². The molecule has 1 aliphatic heterocycles. The summed E-state index contributed by atoms with van der Waals surface area (Å²) in [6, 6.07) is 5.72. The van der Waals surface area contributed by atoms with Crippen molar-refractivity contribution in [2.75, 3.05) is 32.5 Å². The van der Waals surface area contributed by atoms with Crippen LogP contribution in [0.3, 0.4) is 0 Å². The maximum atomic E-state index is 12.3. The number of amides is 2. The van der Waals surface area contributed by atoms with Crippen molar-refractivity contribution >= 4 is 33.4 Å². The first-order chi connectivity index (χ1) is 10.4. The lowest BCUT2D eigenvalue weighted by Gasteiger charge is -2.34. The van der Waals surface area contributed by atoms with Crippen LogP contribution in [0.15, 0.2) is 22.7 Å². The molecule has 1 aliphatic rings. The number of nitrogens with zero attached hydrogens (tertiary/aromatic N) is 2. The van der Waals surface area contributed by atoms with Crippen LogP contribution < -0.4 is 5.32 Å². The lowest BCUT2D eigenvalue weighted by Crippen LogP contribution is -2.47. The van der Waals surface area contributed by atoms with Crippen LogP contribution in [0.1, 0.15) is 18.4 Å². The molecule has 2 rings (SSSR count). The number of hydrogen-bond donors (Lipinski definition) is 1. The molecule has 6 heteroatoms. The first-order valence-electron chi connectivity index (χ1n) is 7.41. The average molecular weight is 368 g/mol. The van der Waals surface area contributed by atoms with E-state index in [2.05, 4.69) is 33.2 Å². The lowest BCUT2D eigenvalue weighted by atomic mass is 10.0. The van der Waals surface area contributed by atoms with Gasteiger partial charge in [-0.15, -0.1) is 0 Å². The molecular weight excluding hydrogens is 346 g/mol. The second kappa shape index (κ2) is 7.24. The van der Waals surface area contributed by atoms with Crippen molar-refractivity contribution in [1.29, 1.82) is 0 Å². The summed E-state index contributed by atoms with van der Waals surface area (Å²) < 4.78 is 0.774. The van der Waals surface area contributed by atoms with Crippen molar-refractivity contribution in [3.05, 3.63) is 28.2 Å². The van der Waals surface area contributed by atoms with Gasteiger partial charge in [0, 0.05) is 17.6 Å². The van der Waals surface area contributed by atoms with Gasteiger partial charge >= 0.3 is 11.8 Å². The molecule has 5 nitrogen and oxygen atoms in total. The number of carbonyl (C=O) groups is 2. The number of halogens is 1. The molecule has 2 amide bonds. The molecule has 0 bridgehead atoms. The van der Waals surface area contributed by atoms with E-state index in [4.69, 9.17) is 0 Å². The van der Waals surface area contributed by atoms with Crippen LogP contribution in [0.25, 0.3) is 0 Å². The van der Waals surface area contributed by atoms with Gasteiger partial charge in [0.2, 0.25) is 0 Å². The van der Waals surface area contributed by atoms with Crippen LogP contribution in [-0.4, -0.2) is 54.8 Å². The number of likely N-dealkylation sites (N-methyl/N-ethyl adjacent to an activating group) is 1. The third-order valence-electron chi connectivity index (χ3n) is 4.12. The molecule has 1 saturated heterocycles. The van der Waals surface area contributed by atoms with Gasteiger partial charge in [-0.2, -0.15) is 0 Å². The quantitative estimate of drug-likeness (QED) is 0.815. The molecule has 0 saturated carbocycles. The van der Waals surface area contributed by atoms with Gasteiger partial charge in [-0.3, -0.25) is 9.59 Å². The fourth-order valence-electron chi connectivity index (χ4n) is 2.61. The molecule has 1 aromatic rings. The van der Waals surface area contributed by atoms with Crippen molar-refractivity contribution in [3.63, 3.8) is 0 Å². The van der Waals surface area contributed by atoms with E-state index >= 15 is 0 Å². The van der Waals surface area contributed by atoms with Gasteiger partial charge in [0.25, 0.3) is 0 Å². The third kappa shape index (κ3) is 4.08. The van der Waals surface area contributed by atoms with Crippen molar-refractivity contribution in [1.82, 2.24) is 9.80 Å².